The highest BCUT2D eigenvalue weighted by Crippen LogP contribution is 2.23. The van der Waals surface area contributed by atoms with Crippen molar-refractivity contribution < 1.29 is 18.6 Å². The average molecular weight is 448 g/mol. The molecule has 3 N–H and O–H groups in total. The number of carbonyl (C=O) groups excluding carboxylic acids is 1. The number of hydrogen-bond acceptors (Lipinski definition) is 6. The number of nitrogens with two attached hydrogens (primary N) is 1. The standard InChI is InChI=1S/C18H15BrFN5O3/c1-27-12-5-2-10(3-6-12)8-15(26)23-18-16(24-28-25-18)17(21)22-11-4-7-14(20)13(19)9-11/h2-7,9H,8H2,1H3,(H2,21,22)(H,23,25,26). The molecule has 0 unspecified atom stereocenters. The number of hydrogen-bond donors (Lipinski definition) is 2. The molecule has 10 heteroatoms. The summed E-state index contributed by atoms with van der Waals surface area (Å²) < 4.78 is 23.3. The summed E-state index contributed by atoms with van der Waals surface area (Å²) in [5, 5.41) is 9.91. The molecule has 2 aromatic carbocycles. The number of aliphatic imine (C=N–C) groups is 1. The molecule has 0 fully saturated rings. The van der Waals surface area contributed by atoms with Crippen molar-refractivity contribution in [2.24, 2.45) is 10.7 Å². The van der Waals surface area contributed by atoms with E-state index >= 15 is 0 Å². The Morgan fingerprint density at radius 2 is 2.04 bits per heavy atom. The highest BCUT2D eigenvalue weighted by molar-refractivity contribution is 9.10. The molecule has 3 rings (SSSR count). The predicted molar refractivity (Wildman–Crippen MR) is 104 cm³/mol. The Balaban J connectivity index is 1.72. The van der Waals surface area contributed by atoms with Crippen LogP contribution in [0.3, 0.4) is 0 Å². The van der Waals surface area contributed by atoms with Crippen molar-refractivity contribution >= 4 is 39.2 Å². The molecule has 0 aliphatic rings. The Labute approximate surface area is 167 Å². The van der Waals surface area contributed by atoms with Gasteiger partial charge >= 0.3 is 0 Å². The van der Waals surface area contributed by atoms with Gasteiger partial charge in [-0.05, 0) is 62.1 Å². The largest absolute Gasteiger partial charge is 0.497 e. The quantitative estimate of drug-likeness (QED) is 0.442. The lowest BCUT2D eigenvalue weighted by molar-refractivity contribution is -0.115. The maximum absolute atomic E-state index is 13.3. The molecule has 1 heterocycles. The van der Waals surface area contributed by atoms with Gasteiger partial charge in [-0.15, -0.1) is 0 Å². The third kappa shape index (κ3) is 4.71. The van der Waals surface area contributed by atoms with Crippen molar-refractivity contribution in [2.45, 2.75) is 6.42 Å². The average Bonchev–Trinajstić information content (AvgIpc) is 3.13. The molecular formula is C18H15BrFN5O3. The summed E-state index contributed by atoms with van der Waals surface area (Å²) in [6.45, 7) is 0. The monoisotopic (exact) mass is 447 g/mol. The minimum Gasteiger partial charge on any atom is -0.497 e. The number of nitrogens with zero attached hydrogens (tertiary/aromatic N) is 3. The Bertz CT molecular complexity index is 1020. The Kier molecular flexibility index (Phi) is 5.99. The molecule has 144 valence electrons. The zero-order chi connectivity index (χ0) is 20.1. The Hall–Kier alpha value is -3.27. The van der Waals surface area contributed by atoms with Crippen molar-refractivity contribution in [3.8, 4) is 5.75 Å². The second-order valence-corrected chi connectivity index (χ2v) is 6.48. The molecule has 0 atom stereocenters. The third-order valence-corrected chi connectivity index (χ3v) is 4.27. The van der Waals surface area contributed by atoms with Gasteiger partial charge in [0.2, 0.25) is 11.7 Å². The van der Waals surface area contributed by atoms with E-state index in [2.05, 4.69) is 41.2 Å². The van der Waals surface area contributed by atoms with Crippen LogP contribution in [0.5, 0.6) is 5.75 Å². The topological polar surface area (TPSA) is 116 Å². The third-order valence-electron chi connectivity index (χ3n) is 3.67. The molecule has 0 spiro atoms. The Morgan fingerprint density at radius 1 is 1.29 bits per heavy atom. The number of nitrogens with one attached hydrogen (secondary N) is 1. The molecular weight excluding hydrogens is 433 g/mol. The smallest absolute Gasteiger partial charge is 0.230 e. The van der Waals surface area contributed by atoms with E-state index in [0.717, 1.165) is 5.56 Å². The van der Waals surface area contributed by atoms with Crippen LogP contribution < -0.4 is 15.8 Å². The lowest BCUT2D eigenvalue weighted by Gasteiger charge is -2.05. The molecule has 0 radical (unpaired) electrons. The first kappa shape index (κ1) is 19.5. The number of rotatable bonds is 6. The van der Waals surface area contributed by atoms with E-state index in [0.29, 0.717) is 11.4 Å². The van der Waals surface area contributed by atoms with Crippen molar-refractivity contribution in [3.63, 3.8) is 0 Å². The van der Waals surface area contributed by atoms with E-state index in [9.17, 15) is 9.18 Å². The number of amides is 1. The van der Waals surface area contributed by atoms with Crippen LogP contribution in [0.2, 0.25) is 0 Å². The molecule has 3 aromatic rings. The number of methoxy groups -OCH3 is 1. The number of carbonyl (C=O) groups is 1. The first-order chi connectivity index (χ1) is 13.5. The second kappa shape index (κ2) is 8.61. The SMILES string of the molecule is COc1ccc(CC(=O)Nc2nonc2C(N)=Nc2ccc(F)c(Br)c2)cc1. The normalized spacial score (nSPS) is 11.3. The number of anilines is 1. The minimum absolute atomic E-state index is 0.0421. The van der Waals surface area contributed by atoms with Crippen LogP contribution in [0.25, 0.3) is 0 Å². The molecule has 1 aromatic heterocycles. The van der Waals surface area contributed by atoms with E-state index in [-0.39, 0.29) is 34.1 Å². The van der Waals surface area contributed by atoms with Crippen LogP contribution in [-0.2, 0) is 11.2 Å². The second-order valence-electron chi connectivity index (χ2n) is 5.63. The highest BCUT2D eigenvalue weighted by Gasteiger charge is 2.17. The first-order valence-electron chi connectivity index (χ1n) is 8.01. The summed E-state index contributed by atoms with van der Waals surface area (Å²) >= 11 is 3.08. The molecule has 8 nitrogen and oxygen atoms in total. The molecule has 0 saturated carbocycles. The summed E-state index contributed by atoms with van der Waals surface area (Å²) in [6.07, 6.45) is 0.109. The van der Waals surface area contributed by atoms with E-state index in [1.165, 1.54) is 18.2 Å². The predicted octanol–water partition coefficient (Wildman–Crippen LogP) is 3.20. The van der Waals surface area contributed by atoms with E-state index in [1.807, 2.05) is 0 Å². The zero-order valence-corrected chi connectivity index (χ0v) is 16.2. The maximum atomic E-state index is 13.3. The van der Waals surface area contributed by atoms with Crippen molar-refractivity contribution in [2.75, 3.05) is 12.4 Å². The van der Waals surface area contributed by atoms with Crippen molar-refractivity contribution in [1.82, 2.24) is 10.3 Å². The fourth-order valence-electron chi connectivity index (χ4n) is 2.29. The van der Waals surface area contributed by atoms with Crippen molar-refractivity contribution in [1.29, 1.82) is 0 Å². The van der Waals surface area contributed by atoms with Gasteiger partial charge in [0.1, 0.15) is 11.6 Å². The molecule has 0 aliphatic carbocycles. The highest BCUT2D eigenvalue weighted by atomic mass is 79.9. The van der Waals surface area contributed by atoms with Gasteiger partial charge in [-0.2, -0.15) is 0 Å². The lowest BCUT2D eigenvalue weighted by atomic mass is 10.1. The van der Waals surface area contributed by atoms with Gasteiger partial charge in [0.15, 0.2) is 11.5 Å². The first-order valence-corrected chi connectivity index (χ1v) is 8.80. The van der Waals surface area contributed by atoms with Gasteiger partial charge in [0.05, 0.1) is 23.7 Å². The van der Waals surface area contributed by atoms with Gasteiger partial charge < -0.3 is 15.8 Å². The van der Waals surface area contributed by atoms with Crippen LogP contribution in [-0.4, -0.2) is 29.2 Å². The van der Waals surface area contributed by atoms with E-state index in [4.69, 9.17) is 10.5 Å². The number of amidine groups is 1. The summed E-state index contributed by atoms with van der Waals surface area (Å²) in [6, 6.07) is 11.2. The summed E-state index contributed by atoms with van der Waals surface area (Å²) in [5.41, 5.74) is 7.19. The summed E-state index contributed by atoms with van der Waals surface area (Å²) in [5.74, 6) is -0.0597. The van der Waals surface area contributed by atoms with Gasteiger partial charge in [0.25, 0.3) is 0 Å². The fraction of sp³-hybridized carbons (Fsp3) is 0.111. The molecule has 0 saturated heterocycles. The maximum Gasteiger partial charge on any atom is 0.230 e. The molecule has 0 bridgehead atoms. The molecule has 1 amide bonds. The van der Waals surface area contributed by atoms with Gasteiger partial charge in [-0.25, -0.2) is 14.0 Å². The lowest BCUT2D eigenvalue weighted by Crippen LogP contribution is -2.20. The van der Waals surface area contributed by atoms with Crippen LogP contribution in [0.4, 0.5) is 15.9 Å². The number of aromatic nitrogens is 2. The van der Waals surface area contributed by atoms with Crippen LogP contribution in [0, 0.1) is 5.82 Å². The van der Waals surface area contributed by atoms with Gasteiger partial charge in [0, 0.05) is 0 Å². The van der Waals surface area contributed by atoms with Gasteiger partial charge in [-0.1, -0.05) is 12.1 Å². The van der Waals surface area contributed by atoms with Crippen LogP contribution >= 0.6 is 15.9 Å². The minimum atomic E-state index is -0.424. The fourth-order valence-corrected chi connectivity index (χ4v) is 2.66. The van der Waals surface area contributed by atoms with Crippen LogP contribution in [0.15, 0.2) is 56.6 Å². The van der Waals surface area contributed by atoms with Crippen LogP contribution in [0.1, 0.15) is 11.3 Å². The molecule has 0 aliphatic heterocycles. The van der Waals surface area contributed by atoms with E-state index < -0.39 is 5.82 Å². The number of halogens is 2. The summed E-state index contributed by atoms with van der Waals surface area (Å²) in [7, 11) is 1.57. The van der Waals surface area contributed by atoms with Crippen molar-refractivity contribution in [3.05, 3.63) is 64.0 Å². The Morgan fingerprint density at radius 3 is 2.71 bits per heavy atom. The zero-order valence-electron chi connectivity index (χ0n) is 14.6. The summed E-state index contributed by atoms with van der Waals surface area (Å²) in [4.78, 5) is 16.4. The van der Waals surface area contributed by atoms with Gasteiger partial charge in [-0.3, -0.25) is 4.79 Å². The van der Waals surface area contributed by atoms with E-state index in [1.54, 1.807) is 31.4 Å². The number of ether oxygens (including phenoxy) is 1. The molecule has 28 heavy (non-hydrogen) atoms. The number of benzene rings is 2.